The number of para-hydroxylation sites is 1. The van der Waals surface area contributed by atoms with Crippen LogP contribution in [0.5, 0.6) is 0 Å². The van der Waals surface area contributed by atoms with Crippen molar-refractivity contribution < 1.29 is 9.72 Å². The lowest BCUT2D eigenvalue weighted by Crippen LogP contribution is -2.52. The summed E-state index contributed by atoms with van der Waals surface area (Å²) >= 11 is 0. The third-order valence-corrected chi connectivity index (χ3v) is 4.08. The van der Waals surface area contributed by atoms with Gasteiger partial charge >= 0.3 is 6.03 Å². The summed E-state index contributed by atoms with van der Waals surface area (Å²) in [6.45, 7) is 2.52. The molecule has 0 radical (unpaired) electrons. The summed E-state index contributed by atoms with van der Waals surface area (Å²) in [5, 5.41) is 10.7. The minimum atomic E-state index is -0.411. The van der Waals surface area contributed by atoms with Crippen molar-refractivity contribution in [2.24, 2.45) is 0 Å². The Balaban J connectivity index is 1.49. The normalized spacial score (nSPS) is 14.1. The second-order valence-electron chi connectivity index (χ2n) is 5.67. The highest BCUT2D eigenvalue weighted by atomic mass is 16.6. The fourth-order valence-electron chi connectivity index (χ4n) is 2.68. The second-order valence-corrected chi connectivity index (χ2v) is 5.67. The number of anilines is 2. The minimum absolute atomic E-state index is 0.0775. The fourth-order valence-corrected chi connectivity index (χ4v) is 2.68. The molecule has 0 unspecified atom stereocenters. The Labute approximate surface area is 145 Å². The van der Waals surface area contributed by atoms with Gasteiger partial charge in [0, 0.05) is 44.0 Å². The molecule has 8 nitrogen and oxygen atoms in total. The first-order valence-electron chi connectivity index (χ1n) is 7.99. The number of benzene rings is 2. The highest BCUT2D eigenvalue weighted by Gasteiger charge is 2.21. The number of carbonyl (C=O) groups is 1. The van der Waals surface area contributed by atoms with E-state index in [0.29, 0.717) is 26.2 Å². The zero-order valence-electron chi connectivity index (χ0n) is 13.6. The number of nitrogens with zero attached hydrogens (tertiary/aromatic N) is 3. The average Bonchev–Trinajstić information content (AvgIpc) is 2.67. The van der Waals surface area contributed by atoms with Crippen LogP contribution < -0.4 is 15.8 Å². The number of nitro groups is 1. The number of non-ortho nitro benzene ring substituents is 1. The van der Waals surface area contributed by atoms with Crippen molar-refractivity contribution in [2.75, 3.05) is 36.5 Å². The Kier molecular flexibility index (Phi) is 4.98. The molecule has 130 valence electrons. The van der Waals surface area contributed by atoms with Crippen molar-refractivity contribution in [3.63, 3.8) is 0 Å². The lowest BCUT2D eigenvalue weighted by Gasteiger charge is -2.36. The van der Waals surface area contributed by atoms with Gasteiger partial charge in [0.05, 0.1) is 10.6 Å². The maximum absolute atomic E-state index is 12.2. The Morgan fingerprint density at radius 1 is 0.960 bits per heavy atom. The van der Waals surface area contributed by atoms with Gasteiger partial charge in [-0.25, -0.2) is 4.79 Å². The predicted octanol–water partition coefficient (Wildman–Crippen LogP) is 2.45. The molecule has 2 amide bonds. The Bertz CT molecular complexity index is 728. The molecule has 0 atom stereocenters. The second kappa shape index (κ2) is 7.52. The van der Waals surface area contributed by atoms with E-state index in [-0.39, 0.29) is 11.7 Å². The van der Waals surface area contributed by atoms with Gasteiger partial charge in [0.15, 0.2) is 0 Å². The molecule has 2 aromatic rings. The topological polar surface area (TPSA) is 90.8 Å². The number of amides is 2. The smallest absolute Gasteiger partial charge is 0.336 e. The molecule has 0 saturated carbocycles. The monoisotopic (exact) mass is 341 g/mol. The van der Waals surface area contributed by atoms with Gasteiger partial charge in [-0.1, -0.05) is 18.2 Å². The summed E-state index contributed by atoms with van der Waals surface area (Å²) in [4.78, 5) is 26.3. The molecule has 3 rings (SSSR count). The number of carbonyl (C=O) groups excluding carboxylic acids is 1. The van der Waals surface area contributed by atoms with E-state index in [9.17, 15) is 14.9 Å². The SMILES string of the molecule is O=C(NNc1ccccc1)N1CCN(c2ccc([N+](=O)[O-])cc2)CC1. The number of piperazine rings is 1. The first kappa shape index (κ1) is 16.6. The maximum Gasteiger partial charge on any atom is 0.336 e. The lowest BCUT2D eigenvalue weighted by atomic mass is 10.2. The highest BCUT2D eigenvalue weighted by Crippen LogP contribution is 2.20. The highest BCUT2D eigenvalue weighted by molar-refractivity contribution is 5.76. The summed E-state index contributed by atoms with van der Waals surface area (Å²) in [7, 11) is 0. The third kappa shape index (κ3) is 4.17. The van der Waals surface area contributed by atoms with Gasteiger partial charge in [-0.05, 0) is 24.3 Å². The first-order valence-corrected chi connectivity index (χ1v) is 7.99. The molecule has 8 heteroatoms. The molecule has 2 N–H and O–H groups in total. The van der Waals surface area contributed by atoms with Crippen LogP contribution in [0.3, 0.4) is 0 Å². The van der Waals surface area contributed by atoms with E-state index in [2.05, 4.69) is 15.8 Å². The number of hydrazine groups is 1. The van der Waals surface area contributed by atoms with Crippen molar-refractivity contribution in [3.8, 4) is 0 Å². The zero-order chi connectivity index (χ0) is 17.6. The number of hydrogen-bond acceptors (Lipinski definition) is 5. The molecule has 2 aromatic carbocycles. The van der Waals surface area contributed by atoms with Gasteiger partial charge in [0.25, 0.3) is 5.69 Å². The molecule has 0 spiro atoms. The van der Waals surface area contributed by atoms with Crippen LogP contribution in [0.15, 0.2) is 54.6 Å². The van der Waals surface area contributed by atoms with Gasteiger partial charge in [-0.15, -0.1) is 0 Å². The number of rotatable bonds is 4. The molecule has 1 heterocycles. The van der Waals surface area contributed by atoms with Crippen LogP contribution in [0.1, 0.15) is 0 Å². The third-order valence-electron chi connectivity index (χ3n) is 4.08. The maximum atomic E-state index is 12.2. The first-order chi connectivity index (χ1) is 12.1. The number of urea groups is 1. The Morgan fingerprint density at radius 2 is 1.60 bits per heavy atom. The van der Waals surface area contributed by atoms with Crippen molar-refractivity contribution in [2.45, 2.75) is 0 Å². The minimum Gasteiger partial charge on any atom is -0.368 e. The Morgan fingerprint density at radius 3 is 2.20 bits per heavy atom. The molecule has 25 heavy (non-hydrogen) atoms. The van der Waals surface area contributed by atoms with Gasteiger partial charge < -0.3 is 9.80 Å². The number of nitro benzene ring substituents is 1. The summed E-state index contributed by atoms with van der Waals surface area (Å²) < 4.78 is 0. The predicted molar refractivity (Wildman–Crippen MR) is 95.5 cm³/mol. The van der Waals surface area contributed by atoms with Crippen LogP contribution >= 0.6 is 0 Å². The summed E-state index contributed by atoms with van der Waals surface area (Å²) in [6, 6.07) is 15.7. The van der Waals surface area contributed by atoms with E-state index in [1.807, 2.05) is 30.3 Å². The molecule has 1 aliphatic heterocycles. The average molecular weight is 341 g/mol. The van der Waals surface area contributed by atoms with Crippen molar-refractivity contribution >= 4 is 23.1 Å². The molecular formula is C17H19N5O3. The molecular weight excluding hydrogens is 322 g/mol. The molecule has 1 aliphatic rings. The quantitative estimate of drug-likeness (QED) is 0.658. The fraction of sp³-hybridized carbons (Fsp3) is 0.235. The van der Waals surface area contributed by atoms with Crippen LogP contribution in [0, 0.1) is 10.1 Å². The van der Waals surface area contributed by atoms with Crippen molar-refractivity contribution in [1.82, 2.24) is 10.3 Å². The van der Waals surface area contributed by atoms with Crippen molar-refractivity contribution in [3.05, 3.63) is 64.7 Å². The van der Waals surface area contributed by atoms with Gasteiger partial charge in [0.2, 0.25) is 0 Å². The van der Waals surface area contributed by atoms with E-state index < -0.39 is 4.92 Å². The van der Waals surface area contributed by atoms with Gasteiger partial charge in [-0.3, -0.25) is 21.0 Å². The Hall–Kier alpha value is -3.29. The van der Waals surface area contributed by atoms with E-state index in [1.165, 1.54) is 12.1 Å². The largest absolute Gasteiger partial charge is 0.368 e. The van der Waals surface area contributed by atoms with Crippen LogP contribution in [-0.2, 0) is 0 Å². The van der Waals surface area contributed by atoms with E-state index in [1.54, 1.807) is 17.0 Å². The van der Waals surface area contributed by atoms with E-state index in [4.69, 9.17) is 0 Å². The summed E-state index contributed by atoms with van der Waals surface area (Å²) in [5.74, 6) is 0. The molecule has 0 bridgehead atoms. The number of hydrogen-bond donors (Lipinski definition) is 2. The zero-order valence-corrected chi connectivity index (χ0v) is 13.6. The van der Waals surface area contributed by atoms with Crippen LogP contribution in [-0.4, -0.2) is 42.0 Å². The lowest BCUT2D eigenvalue weighted by molar-refractivity contribution is -0.384. The van der Waals surface area contributed by atoms with Gasteiger partial charge in [-0.2, -0.15) is 0 Å². The summed E-state index contributed by atoms with van der Waals surface area (Å²) in [5.41, 5.74) is 7.39. The number of nitrogens with one attached hydrogen (secondary N) is 2. The van der Waals surface area contributed by atoms with E-state index in [0.717, 1.165) is 11.4 Å². The van der Waals surface area contributed by atoms with Crippen LogP contribution in [0.2, 0.25) is 0 Å². The van der Waals surface area contributed by atoms with E-state index >= 15 is 0 Å². The molecule has 0 aliphatic carbocycles. The standard InChI is InChI=1S/C17H19N5O3/c23-17(19-18-14-4-2-1-3-5-14)21-12-10-20(11-13-21)15-6-8-16(9-7-15)22(24)25/h1-9,18H,10-13H2,(H,19,23). The van der Waals surface area contributed by atoms with Gasteiger partial charge in [0.1, 0.15) is 0 Å². The molecule has 0 aromatic heterocycles. The molecule has 1 saturated heterocycles. The van der Waals surface area contributed by atoms with Crippen LogP contribution in [0.4, 0.5) is 21.9 Å². The van der Waals surface area contributed by atoms with Crippen LogP contribution in [0.25, 0.3) is 0 Å². The summed E-state index contributed by atoms with van der Waals surface area (Å²) in [6.07, 6.45) is 0. The molecule has 1 fully saturated rings. The van der Waals surface area contributed by atoms with Crippen molar-refractivity contribution in [1.29, 1.82) is 0 Å².